The second-order valence-electron chi connectivity index (χ2n) is 7.06. The van der Waals surface area contributed by atoms with E-state index in [-0.39, 0.29) is 18.1 Å². The molecular formula is C19H24N4O3. The molecule has 0 spiro atoms. The third kappa shape index (κ3) is 3.45. The number of rotatable bonds is 4. The summed E-state index contributed by atoms with van der Waals surface area (Å²) in [6, 6.07) is 9.95. The molecule has 4 rings (SSSR count). The number of amides is 1. The maximum absolute atomic E-state index is 12.6. The lowest BCUT2D eigenvalue weighted by Gasteiger charge is -2.33. The highest BCUT2D eigenvalue weighted by Gasteiger charge is 2.36. The zero-order valence-electron chi connectivity index (χ0n) is 15.1. The molecule has 2 aliphatic rings. The van der Waals surface area contributed by atoms with Crippen LogP contribution in [0.4, 0.5) is 0 Å². The number of nitrogens with one attached hydrogen (secondary N) is 2. The van der Waals surface area contributed by atoms with E-state index in [0.717, 1.165) is 43.1 Å². The number of hydrogen-bond acceptors (Lipinski definition) is 5. The van der Waals surface area contributed by atoms with Crippen molar-refractivity contribution >= 4 is 5.91 Å². The van der Waals surface area contributed by atoms with Crippen LogP contribution in [0.5, 0.6) is 5.75 Å². The first-order valence-corrected chi connectivity index (χ1v) is 8.98. The molecule has 0 bridgehead atoms. The van der Waals surface area contributed by atoms with Gasteiger partial charge in [0.2, 0.25) is 0 Å². The van der Waals surface area contributed by atoms with Crippen LogP contribution < -0.4 is 10.1 Å². The summed E-state index contributed by atoms with van der Waals surface area (Å²) in [5, 5.41) is 10.2. The molecular weight excluding hydrogens is 332 g/mol. The Bertz CT molecular complexity index is 791. The number of carbonyl (C=O) groups excluding carboxylic acids is 1. The molecule has 2 saturated heterocycles. The van der Waals surface area contributed by atoms with E-state index < -0.39 is 0 Å². The van der Waals surface area contributed by atoms with Gasteiger partial charge in [0.15, 0.2) is 0 Å². The van der Waals surface area contributed by atoms with Gasteiger partial charge in [0, 0.05) is 30.7 Å². The second kappa shape index (κ2) is 7.09. The normalized spacial score (nSPS) is 25.7. The number of hydrogen-bond donors (Lipinski definition) is 2. The van der Waals surface area contributed by atoms with Crippen molar-refractivity contribution in [1.29, 1.82) is 0 Å². The zero-order valence-corrected chi connectivity index (χ0v) is 15.1. The van der Waals surface area contributed by atoms with Crippen LogP contribution >= 0.6 is 0 Å². The largest absolute Gasteiger partial charge is 0.497 e. The van der Waals surface area contributed by atoms with Gasteiger partial charge in [-0.15, -0.1) is 0 Å². The quantitative estimate of drug-likeness (QED) is 0.871. The molecule has 0 unspecified atom stereocenters. The van der Waals surface area contributed by atoms with Crippen molar-refractivity contribution in [2.45, 2.75) is 31.5 Å². The molecule has 3 heterocycles. The number of morpholine rings is 1. The lowest BCUT2D eigenvalue weighted by atomic mass is 10.1. The molecule has 26 heavy (non-hydrogen) atoms. The van der Waals surface area contributed by atoms with Crippen LogP contribution in [-0.2, 0) is 4.74 Å². The van der Waals surface area contributed by atoms with Gasteiger partial charge in [-0.1, -0.05) is 12.1 Å². The predicted octanol–water partition coefficient (Wildman–Crippen LogP) is 1.68. The number of benzene rings is 1. The van der Waals surface area contributed by atoms with Crippen molar-refractivity contribution in [3.8, 4) is 17.0 Å². The zero-order chi connectivity index (χ0) is 18.1. The number of carbonyl (C=O) groups is 1. The van der Waals surface area contributed by atoms with Crippen molar-refractivity contribution in [1.82, 2.24) is 20.4 Å². The Morgan fingerprint density at radius 1 is 1.38 bits per heavy atom. The first-order chi connectivity index (χ1) is 12.6. The van der Waals surface area contributed by atoms with Crippen LogP contribution in [0.25, 0.3) is 11.3 Å². The van der Waals surface area contributed by atoms with Crippen molar-refractivity contribution in [2.75, 3.05) is 26.8 Å². The number of ether oxygens (including phenoxy) is 2. The average Bonchev–Trinajstić information content (AvgIpc) is 3.28. The first-order valence-electron chi connectivity index (χ1n) is 8.98. The molecule has 2 N–H and O–H groups in total. The standard InChI is InChI=1S/C19H24N4O3/c1-12-9-23-10-14(7-15(23)11-26-12)20-19(24)18-8-17(21-22-18)13-4-3-5-16(6-13)25-2/h3-6,8,12,14-15H,7,9-11H2,1-2H3,(H,20,24)(H,21,22)/t12-,14+,15-/m0/s1. The van der Waals surface area contributed by atoms with Crippen LogP contribution in [0.15, 0.2) is 30.3 Å². The highest BCUT2D eigenvalue weighted by Crippen LogP contribution is 2.24. The number of aromatic nitrogens is 2. The van der Waals surface area contributed by atoms with Crippen LogP contribution in [0, 0.1) is 0 Å². The van der Waals surface area contributed by atoms with Crippen molar-refractivity contribution < 1.29 is 14.3 Å². The summed E-state index contributed by atoms with van der Waals surface area (Å²) in [6.45, 7) is 4.65. The van der Waals surface area contributed by atoms with E-state index in [2.05, 4.69) is 27.3 Å². The minimum atomic E-state index is -0.120. The Balaban J connectivity index is 1.41. The van der Waals surface area contributed by atoms with Gasteiger partial charge < -0.3 is 14.8 Å². The van der Waals surface area contributed by atoms with Gasteiger partial charge in [-0.2, -0.15) is 5.10 Å². The maximum atomic E-state index is 12.6. The van der Waals surface area contributed by atoms with E-state index >= 15 is 0 Å². The molecule has 7 heteroatoms. The van der Waals surface area contributed by atoms with E-state index in [1.54, 1.807) is 13.2 Å². The highest BCUT2D eigenvalue weighted by atomic mass is 16.5. The van der Waals surface area contributed by atoms with Gasteiger partial charge in [0.25, 0.3) is 5.91 Å². The highest BCUT2D eigenvalue weighted by molar-refractivity contribution is 5.93. The maximum Gasteiger partial charge on any atom is 0.269 e. The Morgan fingerprint density at radius 2 is 2.27 bits per heavy atom. The summed E-state index contributed by atoms with van der Waals surface area (Å²) in [6.07, 6.45) is 1.19. The molecule has 7 nitrogen and oxygen atoms in total. The lowest BCUT2D eigenvalue weighted by Crippen LogP contribution is -2.45. The minimum absolute atomic E-state index is 0.120. The third-order valence-corrected chi connectivity index (χ3v) is 5.12. The Kier molecular flexibility index (Phi) is 4.65. The summed E-state index contributed by atoms with van der Waals surface area (Å²) in [7, 11) is 1.63. The third-order valence-electron chi connectivity index (χ3n) is 5.12. The van der Waals surface area contributed by atoms with Gasteiger partial charge >= 0.3 is 0 Å². The SMILES string of the molecule is COc1cccc(-c2cc(C(=O)N[C@@H]3C[C@H]4CO[C@@H](C)CN4C3)[nH]n2)c1. The molecule has 0 aliphatic carbocycles. The predicted molar refractivity (Wildman–Crippen MR) is 97.2 cm³/mol. The van der Waals surface area contributed by atoms with Gasteiger partial charge in [-0.25, -0.2) is 0 Å². The smallest absolute Gasteiger partial charge is 0.269 e. The number of fused-ring (bicyclic) bond motifs is 1. The van der Waals surface area contributed by atoms with Crippen LogP contribution in [-0.4, -0.2) is 66.0 Å². The van der Waals surface area contributed by atoms with Gasteiger partial charge in [0.05, 0.1) is 25.5 Å². The minimum Gasteiger partial charge on any atom is -0.497 e. The second-order valence-corrected chi connectivity index (χ2v) is 7.06. The summed E-state index contributed by atoms with van der Waals surface area (Å²) in [5.41, 5.74) is 2.10. The number of H-pyrrole nitrogens is 1. The van der Waals surface area contributed by atoms with E-state index in [0.29, 0.717) is 11.7 Å². The Morgan fingerprint density at radius 3 is 3.12 bits per heavy atom. The number of nitrogens with zero attached hydrogens (tertiary/aromatic N) is 2. The van der Waals surface area contributed by atoms with E-state index in [9.17, 15) is 4.79 Å². The average molecular weight is 356 g/mol. The fraction of sp³-hybridized carbons (Fsp3) is 0.474. The topological polar surface area (TPSA) is 79.5 Å². The van der Waals surface area contributed by atoms with Crippen molar-refractivity contribution in [3.05, 3.63) is 36.0 Å². The summed E-state index contributed by atoms with van der Waals surface area (Å²) in [5.74, 6) is 0.640. The molecule has 1 aromatic carbocycles. The van der Waals surface area contributed by atoms with Crippen LogP contribution in [0.1, 0.15) is 23.8 Å². The molecule has 138 valence electrons. The molecule has 3 atom stereocenters. The fourth-order valence-corrected chi connectivity index (χ4v) is 3.78. The molecule has 2 fully saturated rings. The monoisotopic (exact) mass is 356 g/mol. The fourth-order valence-electron chi connectivity index (χ4n) is 3.78. The van der Waals surface area contributed by atoms with Gasteiger partial charge in [-0.3, -0.25) is 14.8 Å². The molecule has 0 radical (unpaired) electrons. The number of aromatic amines is 1. The van der Waals surface area contributed by atoms with Crippen LogP contribution in [0.3, 0.4) is 0 Å². The molecule has 2 aromatic rings. The Labute approximate surface area is 152 Å². The van der Waals surface area contributed by atoms with E-state index in [1.807, 2.05) is 24.3 Å². The summed E-state index contributed by atoms with van der Waals surface area (Å²) in [4.78, 5) is 15.0. The van der Waals surface area contributed by atoms with Crippen LogP contribution in [0.2, 0.25) is 0 Å². The van der Waals surface area contributed by atoms with Gasteiger partial charge in [-0.05, 0) is 31.5 Å². The molecule has 2 aliphatic heterocycles. The lowest BCUT2D eigenvalue weighted by molar-refractivity contribution is -0.0390. The Hall–Kier alpha value is -2.38. The van der Waals surface area contributed by atoms with E-state index in [4.69, 9.17) is 9.47 Å². The molecule has 1 aromatic heterocycles. The van der Waals surface area contributed by atoms with Crippen molar-refractivity contribution in [3.63, 3.8) is 0 Å². The van der Waals surface area contributed by atoms with E-state index in [1.165, 1.54) is 0 Å². The summed E-state index contributed by atoms with van der Waals surface area (Å²) >= 11 is 0. The first kappa shape index (κ1) is 17.1. The number of methoxy groups -OCH3 is 1. The van der Waals surface area contributed by atoms with Crippen molar-refractivity contribution in [2.24, 2.45) is 0 Å². The molecule has 0 saturated carbocycles. The summed E-state index contributed by atoms with van der Waals surface area (Å²) < 4.78 is 11.0. The van der Waals surface area contributed by atoms with Gasteiger partial charge in [0.1, 0.15) is 11.4 Å². The molecule has 1 amide bonds.